The molecule has 0 spiro atoms. The van der Waals surface area contributed by atoms with Crippen molar-refractivity contribution in [1.82, 2.24) is 15.6 Å². The first-order valence-electron chi connectivity index (χ1n) is 11.6. The van der Waals surface area contributed by atoms with Gasteiger partial charge < -0.3 is 15.4 Å². The zero-order valence-electron chi connectivity index (χ0n) is 19.1. The summed E-state index contributed by atoms with van der Waals surface area (Å²) in [4.78, 5) is 43.8. The maximum absolute atomic E-state index is 13.5. The Hall–Kier alpha value is -2.78. The minimum absolute atomic E-state index is 0.0180. The minimum Gasteiger partial charge on any atom is -0.367 e. The average molecular weight is 544 g/mol. The van der Waals surface area contributed by atoms with Crippen molar-refractivity contribution in [3.63, 3.8) is 0 Å². The summed E-state index contributed by atoms with van der Waals surface area (Å²) in [6.45, 7) is -0.0180. The number of carbonyl (C=O) groups is 3. The third-order valence-electron chi connectivity index (χ3n) is 6.65. The molecule has 10 heteroatoms. The van der Waals surface area contributed by atoms with Crippen LogP contribution in [-0.2, 0) is 20.7 Å². The maximum atomic E-state index is 13.5. The normalized spacial score (nSPS) is 21.7. The number of nitrogens with zero attached hydrogens (tertiary/aromatic N) is 1. The van der Waals surface area contributed by atoms with Crippen molar-refractivity contribution in [3.05, 3.63) is 75.2 Å². The first-order valence-corrected chi connectivity index (χ1v) is 13.2. The standard InChI is InChI=1S/C26H23Cl2N3O4S/c27-17-9-8-15(11-18(17)28)12-19(24(34)31-26-10-4-7-22(26)35-13-21(26)32)29-23(33)20-14-36-25(30-20)16-5-2-1-3-6-16/h1-3,5-6,8-9,11,14,19,22H,4,7,10,12-13H2,(H,29,33)(H,31,34). The highest BCUT2D eigenvalue weighted by molar-refractivity contribution is 7.13. The lowest BCUT2D eigenvalue weighted by Crippen LogP contribution is -2.60. The summed E-state index contributed by atoms with van der Waals surface area (Å²) in [6, 6.07) is 13.6. The van der Waals surface area contributed by atoms with Crippen molar-refractivity contribution < 1.29 is 19.1 Å². The summed E-state index contributed by atoms with van der Waals surface area (Å²) in [7, 11) is 0. The van der Waals surface area contributed by atoms with Crippen LogP contribution in [0.1, 0.15) is 35.3 Å². The number of rotatable bonds is 7. The molecule has 0 bridgehead atoms. The first-order chi connectivity index (χ1) is 17.4. The Morgan fingerprint density at radius 2 is 1.97 bits per heavy atom. The van der Waals surface area contributed by atoms with Gasteiger partial charge in [-0.3, -0.25) is 14.4 Å². The topological polar surface area (TPSA) is 97.4 Å². The van der Waals surface area contributed by atoms with Gasteiger partial charge in [-0.25, -0.2) is 4.98 Å². The van der Waals surface area contributed by atoms with Crippen LogP contribution in [0.2, 0.25) is 10.0 Å². The highest BCUT2D eigenvalue weighted by Gasteiger charge is 2.55. The predicted octanol–water partition coefficient (Wildman–Crippen LogP) is 4.46. The van der Waals surface area contributed by atoms with Crippen LogP contribution in [0, 0.1) is 0 Å². The lowest BCUT2D eigenvalue weighted by Gasteiger charge is -2.30. The fraction of sp³-hybridized carbons (Fsp3) is 0.308. The van der Waals surface area contributed by atoms with E-state index in [1.54, 1.807) is 23.6 Å². The number of Topliss-reactive ketones (excluding diaryl/α,β-unsaturated/α-hetero) is 1. The fourth-order valence-electron chi connectivity index (χ4n) is 4.78. The van der Waals surface area contributed by atoms with Gasteiger partial charge in [-0.2, -0.15) is 0 Å². The molecule has 1 saturated heterocycles. The molecule has 1 saturated carbocycles. The second-order valence-electron chi connectivity index (χ2n) is 8.96. The van der Waals surface area contributed by atoms with Gasteiger partial charge in [0.25, 0.3) is 5.91 Å². The van der Waals surface area contributed by atoms with E-state index >= 15 is 0 Å². The van der Waals surface area contributed by atoms with Gasteiger partial charge in [-0.15, -0.1) is 11.3 Å². The number of amides is 2. The number of carbonyl (C=O) groups excluding carboxylic acids is 3. The third-order valence-corrected chi connectivity index (χ3v) is 8.28. The molecule has 1 aliphatic heterocycles. The largest absolute Gasteiger partial charge is 0.367 e. The molecule has 2 amide bonds. The summed E-state index contributed by atoms with van der Waals surface area (Å²) >= 11 is 13.6. The number of fused-ring (bicyclic) bond motifs is 1. The van der Waals surface area contributed by atoms with Crippen molar-refractivity contribution >= 4 is 52.1 Å². The van der Waals surface area contributed by atoms with E-state index in [0.717, 1.165) is 12.0 Å². The highest BCUT2D eigenvalue weighted by atomic mass is 35.5. The summed E-state index contributed by atoms with van der Waals surface area (Å²) in [5, 5.41) is 8.84. The second kappa shape index (κ2) is 10.3. The van der Waals surface area contributed by atoms with Crippen LogP contribution in [0.4, 0.5) is 0 Å². The van der Waals surface area contributed by atoms with Gasteiger partial charge >= 0.3 is 0 Å². The van der Waals surface area contributed by atoms with Crippen molar-refractivity contribution in [1.29, 1.82) is 0 Å². The van der Waals surface area contributed by atoms with E-state index in [1.165, 1.54) is 11.3 Å². The molecule has 1 aliphatic carbocycles. The van der Waals surface area contributed by atoms with Gasteiger partial charge in [0.15, 0.2) is 5.78 Å². The number of hydrogen-bond donors (Lipinski definition) is 2. The predicted molar refractivity (Wildman–Crippen MR) is 138 cm³/mol. The molecule has 5 rings (SSSR count). The Labute approximate surface area is 222 Å². The van der Waals surface area contributed by atoms with Crippen molar-refractivity contribution in [2.45, 2.75) is 43.4 Å². The Bertz CT molecular complexity index is 1320. The van der Waals surface area contributed by atoms with Crippen molar-refractivity contribution in [2.24, 2.45) is 0 Å². The monoisotopic (exact) mass is 543 g/mol. The average Bonchev–Trinajstić information content (AvgIpc) is 3.59. The molecule has 3 atom stereocenters. The van der Waals surface area contributed by atoms with Gasteiger partial charge in [0, 0.05) is 17.4 Å². The first kappa shape index (κ1) is 24.9. The molecule has 2 aromatic carbocycles. The fourth-order valence-corrected chi connectivity index (χ4v) is 5.91. The maximum Gasteiger partial charge on any atom is 0.271 e. The number of benzene rings is 2. The lowest BCUT2D eigenvalue weighted by atomic mass is 9.91. The molecule has 7 nitrogen and oxygen atoms in total. The number of halogens is 2. The molecular weight excluding hydrogens is 521 g/mol. The quantitative estimate of drug-likeness (QED) is 0.458. The van der Waals surface area contributed by atoms with E-state index in [0.29, 0.717) is 33.5 Å². The van der Waals surface area contributed by atoms with Crippen molar-refractivity contribution in [3.8, 4) is 10.6 Å². The van der Waals surface area contributed by atoms with Crippen LogP contribution in [0.5, 0.6) is 0 Å². The zero-order valence-corrected chi connectivity index (χ0v) is 21.5. The Kier molecular flexibility index (Phi) is 7.12. The van der Waals surface area contributed by atoms with Crippen LogP contribution in [-0.4, -0.2) is 46.9 Å². The van der Waals surface area contributed by atoms with Crippen LogP contribution in [0.3, 0.4) is 0 Å². The number of hydrogen-bond acceptors (Lipinski definition) is 6. The number of ketones is 1. The van der Waals surface area contributed by atoms with Gasteiger partial charge in [0.2, 0.25) is 5.91 Å². The molecule has 2 fully saturated rings. The van der Waals surface area contributed by atoms with Gasteiger partial charge in [-0.05, 0) is 37.0 Å². The van der Waals surface area contributed by atoms with Gasteiger partial charge in [0.1, 0.15) is 28.9 Å². The number of aromatic nitrogens is 1. The van der Waals surface area contributed by atoms with Crippen LogP contribution in [0.15, 0.2) is 53.9 Å². The molecular formula is C26H23Cl2N3O4S. The Morgan fingerprint density at radius 3 is 2.75 bits per heavy atom. The van der Waals surface area contributed by atoms with Crippen molar-refractivity contribution in [2.75, 3.05) is 6.61 Å². The van der Waals surface area contributed by atoms with E-state index < -0.39 is 23.4 Å². The summed E-state index contributed by atoms with van der Waals surface area (Å²) in [5.41, 5.74) is 0.780. The molecule has 2 N–H and O–H groups in total. The molecule has 186 valence electrons. The molecule has 3 unspecified atom stereocenters. The van der Waals surface area contributed by atoms with E-state index in [2.05, 4.69) is 15.6 Å². The van der Waals surface area contributed by atoms with E-state index in [4.69, 9.17) is 27.9 Å². The van der Waals surface area contributed by atoms with E-state index in [-0.39, 0.29) is 30.6 Å². The third kappa shape index (κ3) is 4.91. The molecule has 1 aromatic heterocycles. The molecule has 2 heterocycles. The molecule has 2 aliphatic rings. The van der Waals surface area contributed by atoms with Crippen LogP contribution in [0.25, 0.3) is 10.6 Å². The molecule has 36 heavy (non-hydrogen) atoms. The summed E-state index contributed by atoms with van der Waals surface area (Å²) in [6.07, 6.45) is 1.81. The van der Waals surface area contributed by atoms with Crippen LogP contribution >= 0.6 is 34.5 Å². The SMILES string of the molecule is O=C(NC(Cc1ccc(Cl)c(Cl)c1)C(=O)NC12CCCC1OCC2=O)c1csc(-c2ccccc2)n1. The highest BCUT2D eigenvalue weighted by Crippen LogP contribution is 2.38. The zero-order chi connectivity index (χ0) is 25.3. The molecule has 3 aromatic rings. The summed E-state index contributed by atoms with van der Waals surface area (Å²) in [5.74, 6) is -1.08. The Balaban J connectivity index is 1.38. The smallest absolute Gasteiger partial charge is 0.271 e. The minimum atomic E-state index is -1.04. The lowest BCUT2D eigenvalue weighted by molar-refractivity contribution is -0.131. The van der Waals surface area contributed by atoms with E-state index in [9.17, 15) is 14.4 Å². The Morgan fingerprint density at radius 1 is 1.17 bits per heavy atom. The van der Waals surface area contributed by atoms with E-state index in [1.807, 2.05) is 30.3 Å². The van der Waals surface area contributed by atoms with Crippen LogP contribution < -0.4 is 10.6 Å². The molecule has 0 radical (unpaired) electrons. The van der Waals surface area contributed by atoms with Gasteiger partial charge in [0.05, 0.1) is 16.1 Å². The second-order valence-corrected chi connectivity index (χ2v) is 10.6. The number of nitrogens with one attached hydrogen (secondary N) is 2. The number of ether oxygens (including phenoxy) is 1. The van der Waals surface area contributed by atoms with Gasteiger partial charge in [-0.1, -0.05) is 59.6 Å². The number of thiazole rings is 1. The summed E-state index contributed by atoms with van der Waals surface area (Å²) < 4.78 is 5.62.